The van der Waals surface area contributed by atoms with Crippen molar-refractivity contribution in [2.45, 2.75) is 17.3 Å². The van der Waals surface area contributed by atoms with Crippen LogP contribution in [0.2, 0.25) is 0 Å². The minimum Gasteiger partial charge on any atom is -0.469 e. The second kappa shape index (κ2) is 8.53. The van der Waals surface area contributed by atoms with E-state index in [2.05, 4.69) is 20.0 Å². The molecule has 0 saturated heterocycles. The number of carbonyl (C=O) groups excluding carboxylic acids is 2. The summed E-state index contributed by atoms with van der Waals surface area (Å²) in [6.07, 6.45) is 0.161. The first kappa shape index (κ1) is 18.0. The van der Waals surface area contributed by atoms with Crippen molar-refractivity contribution in [2.24, 2.45) is 0 Å². The summed E-state index contributed by atoms with van der Waals surface area (Å²) >= 11 is 1.61. The van der Waals surface area contributed by atoms with Crippen LogP contribution in [0.5, 0.6) is 0 Å². The number of amides is 1. The van der Waals surface area contributed by atoms with E-state index in [1.807, 2.05) is 36.4 Å². The number of thioether (sulfide) groups is 1. The molecular formula is C19H19N3O3S. The second-order valence-electron chi connectivity index (χ2n) is 5.63. The number of ether oxygens (including phenoxy) is 1. The summed E-state index contributed by atoms with van der Waals surface area (Å²) in [7, 11) is 1.33. The van der Waals surface area contributed by atoms with Gasteiger partial charge in [-0.15, -0.1) is 0 Å². The fourth-order valence-electron chi connectivity index (χ4n) is 2.38. The van der Waals surface area contributed by atoms with Gasteiger partial charge in [0.1, 0.15) is 0 Å². The summed E-state index contributed by atoms with van der Waals surface area (Å²) < 4.78 is 4.54. The van der Waals surface area contributed by atoms with Crippen LogP contribution in [0.25, 0.3) is 11.0 Å². The van der Waals surface area contributed by atoms with Crippen molar-refractivity contribution in [3.8, 4) is 0 Å². The van der Waals surface area contributed by atoms with Gasteiger partial charge in [-0.05, 0) is 29.8 Å². The van der Waals surface area contributed by atoms with Crippen LogP contribution in [-0.4, -0.2) is 35.5 Å². The van der Waals surface area contributed by atoms with Crippen molar-refractivity contribution in [3.05, 3.63) is 59.7 Å². The average molecular weight is 369 g/mol. The molecule has 0 aliphatic heterocycles. The first-order chi connectivity index (χ1) is 12.7. The molecule has 1 aromatic heterocycles. The standard InChI is InChI=1S/C19H19N3O3S/c1-25-17(23)10-11-20-18(24)14-8-6-13(7-9-14)12-26-19-21-15-4-2-3-5-16(15)22-19/h2-9H,10-12H2,1H3,(H,20,24)(H,21,22). The molecule has 0 radical (unpaired) electrons. The number of hydrogen-bond donors (Lipinski definition) is 2. The third-order valence-corrected chi connectivity index (χ3v) is 4.75. The highest BCUT2D eigenvalue weighted by Crippen LogP contribution is 2.23. The summed E-state index contributed by atoms with van der Waals surface area (Å²) in [6, 6.07) is 15.3. The van der Waals surface area contributed by atoms with Crippen LogP contribution in [0.1, 0.15) is 22.3 Å². The predicted molar refractivity (Wildman–Crippen MR) is 101 cm³/mol. The third kappa shape index (κ3) is 4.64. The maximum atomic E-state index is 12.0. The van der Waals surface area contributed by atoms with Crippen LogP contribution in [0, 0.1) is 0 Å². The average Bonchev–Trinajstić information content (AvgIpc) is 3.09. The fourth-order valence-corrected chi connectivity index (χ4v) is 3.22. The highest BCUT2D eigenvalue weighted by molar-refractivity contribution is 7.98. The topological polar surface area (TPSA) is 84.1 Å². The SMILES string of the molecule is COC(=O)CCNC(=O)c1ccc(CSc2nc3ccccc3[nH]2)cc1. The number of aromatic nitrogens is 2. The second-order valence-corrected chi connectivity index (χ2v) is 6.59. The number of para-hydroxylation sites is 2. The van der Waals surface area contributed by atoms with Gasteiger partial charge in [-0.2, -0.15) is 0 Å². The molecule has 7 heteroatoms. The number of methoxy groups -OCH3 is 1. The lowest BCUT2D eigenvalue weighted by Crippen LogP contribution is -2.26. The predicted octanol–water partition coefficient (Wildman–Crippen LogP) is 3.15. The van der Waals surface area contributed by atoms with E-state index < -0.39 is 0 Å². The number of hydrogen-bond acceptors (Lipinski definition) is 5. The highest BCUT2D eigenvalue weighted by atomic mass is 32.2. The molecule has 26 heavy (non-hydrogen) atoms. The Morgan fingerprint density at radius 1 is 1.15 bits per heavy atom. The number of carbonyl (C=O) groups is 2. The molecule has 2 N–H and O–H groups in total. The summed E-state index contributed by atoms with van der Waals surface area (Å²) in [5.41, 5.74) is 3.64. The van der Waals surface area contributed by atoms with Gasteiger partial charge in [0.25, 0.3) is 5.91 Å². The zero-order chi connectivity index (χ0) is 18.4. The van der Waals surface area contributed by atoms with E-state index in [0.717, 1.165) is 27.5 Å². The Kier molecular flexibility index (Phi) is 5.91. The molecule has 1 amide bonds. The normalized spacial score (nSPS) is 10.7. The van der Waals surface area contributed by atoms with E-state index in [-0.39, 0.29) is 24.8 Å². The third-order valence-electron chi connectivity index (χ3n) is 3.80. The van der Waals surface area contributed by atoms with Crippen LogP contribution >= 0.6 is 11.8 Å². The minimum atomic E-state index is -0.344. The Morgan fingerprint density at radius 3 is 2.65 bits per heavy atom. The lowest BCUT2D eigenvalue weighted by atomic mass is 10.1. The lowest BCUT2D eigenvalue weighted by molar-refractivity contribution is -0.140. The molecule has 0 unspecified atom stereocenters. The molecule has 0 atom stereocenters. The number of imidazole rings is 1. The van der Waals surface area contributed by atoms with Gasteiger partial charge in [-0.3, -0.25) is 9.59 Å². The van der Waals surface area contributed by atoms with Gasteiger partial charge in [0.15, 0.2) is 5.16 Å². The molecule has 0 bridgehead atoms. The number of aromatic amines is 1. The van der Waals surface area contributed by atoms with Gasteiger partial charge in [0.2, 0.25) is 0 Å². The van der Waals surface area contributed by atoms with Crippen LogP contribution in [0.15, 0.2) is 53.7 Å². The fraction of sp³-hybridized carbons (Fsp3) is 0.211. The molecule has 1 heterocycles. The number of H-pyrrole nitrogens is 1. The number of rotatable bonds is 7. The summed E-state index contributed by atoms with van der Waals surface area (Å²) in [5.74, 6) is 0.206. The monoisotopic (exact) mass is 369 g/mol. The van der Waals surface area contributed by atoms with Crippen molar-refractivity contribution in [2.75, 3.05) is 13.7 Å². The van der Waals surface area contributed by atoms with Gasteiger partial charge in [0.05, 0.1) is 24.6 Å². The Hall–Kier alpha value is -2.80. The summed E-state index contributed by atoms with van der Waals surface area (Å²) in [6.45, 7) is 0.259. The largest absolute Gasteiger partial charge is 0.469 e. The maximum Gasteiger partial charge on any atom is 0.307 e. The number of nitrogens with one attached hydrogen (secondary N) is 2. The van der Waals surface area contributed by atoms with Crippen molar-refractivity contribution in [1.29, 1.82) is 0 Å². The van der Waals surface area contributed by atoms with Crippen molar-refractivity contribution >= 4 is 34.7 Å². The van der Waals surface area contributed by atoms with Crippen molar-refractivity contribution < 1.29 is 14.3 Å². The van der Waals surface area contributed by atoms with Gasteiger partial charge in [0, 0.05) is 17.9 Å². The quantitative estimate of drug-likeness (QED) is 0.494. The van der Waals surface area contributed by atoms with E-state index in [1.54, 1.807) is 23.9 Å². The van der Waals surface area contributed by atoms with Crippen LogP contribution < -0.4 is 5.32 Å². The van der Waals surface area contributed by atoms with Crippen LogP contribution in [-0.2, 0) is 15.3 Å². The van der Waals surface area contributed by atoms with Crippen molar-refractivity contribution in [1.82, 2.24) is 15.3 Å². The first-order valence-corrected chi connectivity index (χ1v) is 9.16. The van der Waals surface area contributed by atoms with E-state index >= 15 is 0 Å². The number of nitrogens with zero attached hydrogens (tertiary/aromatic N) is 1. The molecule has 0 spiro atoms. The number of benzene rings is 2. The molecule has 6 nitrogen and oxygen atoms in total. The smallest absolute Gasteiger partial charge is 0.307 e. The lowest BCUT2D eigenvalue weighted by Gasteiger charge is -2.05. The first-order valence-electron chi connectivity index (χ1n) is 8.17. The van der Waals surface area contributed by atoms with E-state index in [0.29, 0.717) is 5.56 Å². The number of esters is 1. The Morgan fingerprint density at radius 2 is 1.92 bits per heavy atom. The van der Waals surface area contributed by atoms with E-state index in [1.165, 1.54) is 7.11 Å². The van der Waals surface area contributed by atoms with E-state index in [9.17, 15) is 9.59 Å². The van der Waals surface area contributed by atoms with Crippen LogP contribution in [0.4, 0.5) is 0 Å². The summed E-state index contributed by atoms with van der Waals surface area (Å²) in [5, 5.41) is 3.57. The molecule has 3 rings (SSSR count). The van der Waals surface area contributed by atoms with E-state index in [4.69, 9.17) is 0 Å². The Bertz CT molecular complexity index is 873. The van der Waals surface area contributed by atoms with Gasteiger partial charge in [-0.1, -0.05) is 36.0 Å². The van der Waals surface area contributed by atoms with Crippen LogP contribution in [0.3, 0.4) is 0 Å². The molecular weight excluding hydrogens is 350 g/mol. The minimum absolute atomic E-state index is 0.161. The number of fused-ring (bicyclic) bond motifs is 1. The van der Waals surface area contributed by atoms with Gasteiger partial charge in [-0.25, -0.2) is 4.98 Å². The van der Waals surface area contributed by atoms with Gasteiger partial charge >= 0.3 is 5.97 Å². The van der Waals surface area contributed by atoms with Gasteiger partial charge < -0.3 is 15.0 Å². The Labute approximate surface area is 155 Å². The zero-order valence-corrected chi connectivity index (χ0v) is 15.1. The van der Waals surface area contributed by atoms with Crippen molar-refractivity contribution in [3.63, 3.8) is 0 Å². The molecule has 3 aromatic rings. The molecule has 0 fully saturated rings. The molecule has 0 saturated carbocycles. The highest BCUT2D eigenvalue weighted by Gasteiger charge is 2.08. The Balaban J connectivity index is 1.52. The molecule has 0 aliphatic carbocycles. The molecule has 134 valence electrons. The maximum absolute atomic E-state index is 12.0. The zero-order valence-electron chi connectivity index (χ0n) is 14.3. The molecule has 0 aliphatic rings. The molecule has 2 aromatic carbocycles. The summed E-state index contributed by atoms with van der Waals surface area (Å²) in [4.78, 5) is 30.9.